The van der Waals surface area contributed by atoms with Gasteiger partial charge in [-0.3, -0.25) is 4.98 Å². The number of hydrogen-bond acceptors (Lipinski definition) is 5. The molecule has 3 heterocycles. The summed E-state index contributed by atoms with van der Waals surface area (Å²) in [5, 5.41) is 0. The largest absolute Gasteiger partial charge is 0.444 e. The molecule has 0 N–H and O–H groups in total. The third kappa shape index (κ3) is 4.77. The molecule has 1 fully saturated rings. The summed E-state index contributed by atoms with van der Waals surface area (Å²) in [7, 11) is 1.75. The molecule has 0 spiro atoms. The Morgan fingerprint density at radius 3 is 2.86 bits per heavy atom. The molecule has 1 aromatic heterocycles. The van der Waals surface area contributed by atoms with Crippen molar-refractivity contribution in [3.05, 3.63) is 23.5 Å². The molecule has 1 aromatic rings. The predicted octanol–water partition coefficient (Wildman–Crippen LogP) is 3.80. The van der Waals surface area contributed by atoms with Gasteiger partial charge in [0.15, 0.2) is 0 Å². The summed E-state index contributed by atoms with van der Waals surface area (Å²) in [4.78, 5) is 21.5. The molecule has 0 aromatic carbocycles. The lowest BCUT2D eigenvalue weighted by atomic mass is 9.88. The lowest BCUT2D eigenvalue weighted by Gasteiger charge is -2.40. The van der Waals surface area contributed by atoms with Crippen molar-refractivity contribution in [3.8, 4) is 0 Å². The van der Waals surface area contributed by atoms with Crippen LogP contribution in [-0.2, 0) is 15.9 Å². The van der Waals surface area contributed by atoms with Crippen LogP contribution in [-0.4, -0.2) is 61.0 Å². The van der Waals surface area contributed by atoms with Crippen LogP contribution in [0.15, 0.2) is 12.3 Å². The zero-order valence-electron chi connectivity index (χ0n) is 18.0. The van der Waals surface area contributed by atoms with Crippen LogP contribution in [0.1, 0.15) is 51.3 Å². The fourth-order valence-corrected chi connectivity index (χ4v) is 4.51. The van der Waals surface area contributed by atoms with E-state index in [4.69, 9.17) is 9.47 Å². The Balaban J connectivity index is 1.75. The highest BCUT2D eigenvalue weighted by molar-refractivity contribution is 5.68. The van der Waals surface area contributed by atoms with Crippen LogP contribution < -0.4 is 4.90 Å². The molecule has 1 amide bonds. The van der Waals surface area contributed by atoms with E-state index in [0.29, 0.717) is 12.0 Å². The van der Waals surface area contributed by atoms with Gasteiger partial charge in [0, 0.05) is 57.0 Å². The van der Waals surface area contributed by atoms with Crippen molar-refractivity contribution in [3.63, 3.8) is 0 Å². The predicted molar refractivity (Wildman–Crippen MR) is 111 cm³/mol. The molecule has 6 nitrogen and oxygen atoms in total. The van der Waals surface area contributed by atoms with Gasteiger partial charge in [-0.15, -0.1) is 0 Å². The summed E-state index contributed by atoms with van der Waals surface area (Å²) in [6.45, 7) is 11.2. The first-order chi connectivity index (χ1) is 13.3. The molecular weight excluding hydrogens is 354 g/mol. The van der Waals surface area contributed by atoms with Crippen molar-refractivity contribution in [2.24, 2.45) is 5.92 Å². The number of nitrogens with zero attached hydrogens (tertiary/aromatic N) is 3. The topological polar surface area (TPSA) is 54.9 Å². The van der Waals surface area contributed by atoms with Gasteiger partial charge >= 0.3 is 6.09 Å². The van der Waals surface area contributed by atoms with E-state index < -0.39 is 5.60 Å². The highest BCUT2D eigenvalue weighted by Crippen LogP contribution is 2.39. The van der Waals surface area contributed by atoms with Gasteiger partial charge in [0.1, 0.15) is 5.60 Å². The van der Waals surface area contributed by atoms with Gasteiger partial charge in [0.25, 0.3) is 0 Å². The normalized spacial score (nSPS) is 22.3. The fraction of sp³-hybridized carbons (Fsp3) is 0.727. The summed E-state index contributed by atoms with van der Waals surface area (Å²) >= 11 is 0. The minimum Gasteiger partial charge on any atom is -0.444 e. The number of carbonyl (C=O) groups excluding carboxylic acids is 1. The van der Waals surface area contributed by atoms with Crippen molar-refractivity contribution in [1.82, 2.24) is 9.88 Å². The number of methoxy groups -OCH3 is 1. The van der Waals surface area contributed by atoms with Crippen molar-refractivity contribution in [2.45, 2.75) is 65.0 Å². The first kappa shape index (κ1) is 20.9. The standard InChI is InChI=1S/C22H35N3O3/c1-16-18-14-20(25(12-7-13-27-5)19(18)9-10-23-16)17-8-6-11-24(15-17)21(26)28-22(2,3)4/h9-10,17,20H,6-8,11-15H2,1-5H3/t17-,20?/m1/s1. The lowest BCUT2D eigenvalue weighted by Crippen LogP contribution is -2.49. The SMILES string of the molecule is COCCCN1c2ccnc(C)c2CC1[C@@H]1CCCN(C(=O)OC(C)(C)C)C1. The number of pyridine rings is 1. The van der Waals surface area contributed by atoms with E-state index in [9.17, 15) is 4.79 Å². The van der Waals surface area contributed by atoms with Gasteiger partial charge < -0.3 is 19.3 Å². The molecule has 3 rings (SSSR count). The van der Waals surface area contributed by atoms with E-state index in [1.165, 1.54) is 11.3 Å². The second kappa shape index (κ2) is 8.68. The van der Waals surface area contributed by atoms with E-state index in [0.717, 1.165) is 57.6 Å². The zero-order chi connectivity index (χ0) is 20.3. The van der Waals surface area contributed by atoms with Crippen molar-refractivity contribution >= 4 is 11.8 Å². The third-order valence-electron chi connectivity index (χ3n) is 5.77. The third-order valence-corrected chi connectivity index (χ3v) is 5.77. The molecular formula is C22H35N3O3. The van der Waals surface area contributed by atoms with E-state index in [1.807, 2.05) is 31.9 Å². The van der Waals surface area contributed by atoms with Gasteiger partial charge in [-0.1, -0.05) is 0 Å². The summed E-state index contributed by atoms with van der Waals surface area (Å²) in [6, 6.07) is 2.55. The van der Waals surface area contributed by atoms with Crippen LogP contribution in [0.25, 0.3) is 0 Å². The van der Waals surface area contributed by atoms with Crippen LogP contribution in [0.4, 0.5) is 10.5 Å². The Labute approximate surface area is 169 Å². The molecule has 156 valence electrons. The minimum absolute atomic E-state index is 0.184. The molecule has 6 heteroatoms. The number of anilines is 1. The molecule has 2 atom stereocenters. The minimum atomic E-state index is -0.456. The maximum Gasteiger partial charge on any atom is 0.410 e. The monoisotopic (exact) mass is 389 g/mol. The highest BCUT2D eigenvalue weighted by atomic mass is 16.6. The Morgan fingerprint density at radius 2 is 2.14 bits per heavy atom. The zero-order valence-corrected chi connectivity index (χ0v) is 18.0. The van der Waals surface area contributed by atoms with Gasteiger partial charge in [0.05, 0.1) is 0 Å². The Kier molecular flexibility index (Phi) is 6.48. The lowest BCUT2D eigenvalue weighted by molar-refractivity contribution is 0.0152. The number of carbonyl (C=O) groups is 1. The second-order valence-electron chi connectivity index (χ2n) is 9.03. The number of amides is 1. The number of rotatable bonds is 5. The fourth-order valence-electron chi connectivity index (χ4n) is 4.51. The number of aromatic nitrogens is 1. The molecule has 1 saturated heterocycles. The summed E-state index contributed by atoms with van der Waals surface area (Å²) in [5.74, 6) is 0.440. The van der Waals surface area contributed by atoms with E-state index in [1.54, 1.807) is 7.11 Å². The average molecular weight is 390 g/mol. The molecule has 0 aliphatic carbocycles. The smallest absolute Gasteiger partial charge is 0.410 e. The van der Waals surface area contributed by atoms with E-state index in [-0.39, 0.29) is 6.09 Å². The Morgan fingerprint density at radius 1 is 1.36 bits per heavy atom. The van der Waals surface area contributed by atoms with Crippen LogP contribution >= 0.6 is 0 Å². The average Bonchev–Trinajstić information content (AvgIpc) is 3.01. The second-order valence-corrected chi connectivity index (χ2v) is 9.03. The number of aryl methyl sites for hydroxylation is 1. The Hall–Kier alpha value is -1.82. The van der Waals surface area contributed by atoms with Crippen LogP contribution in [0.5, 0.6) is 0 Å². The number of piperidine rings is 1. The molecule has 1 unspecified atom stereocenters. The first-order valence-corrected chi connectivity index (χ1v) is 10.5. The van der Waals surface area contributed by atoms with Gasteiger partial charge in [0.2, 0.25) is 0 Å². The summed E-state index contributed by atoms with van der Waals surface area (Å²) in [6.07, 6.45) is 5.90. The maximum atomic E-state index is 12.6. The number of likely N-dealkylation sites (tertiary alicyclic amines) is 1. The summed E-state index contributed by atoms with van der Waals surface area (Å²) in [5.41, 5.74) is 3.33. The van der Waals surface area contributed by atoms with Crippen molar-refractivity contribution < 1.29 is 14.3 Å². The van der Waals surface area contributed by atoms with Gasteiger partial charge in [-0.2, -0.15) is 0 Å². The van der Waals surface area contributed by atoms with E-state index >= 15 is 0 Å². The molecule has 28 heavy (non-hydrogen) atoms. The molecule has 0 bridgehead atoms. The first-order valence-electron chi connectivity index (χ1n) is 10.5. The molecule has 2 aliphatic rings. The highest BCUT2D eigenvalue weighted by Gasteiger charge is 2.39. The maximum absolute atomic E-state index is 12.6. The van der Waals surface area contributed by atoms with Crippen LogP contribution in [0.3, 0.4) is 0 Å². The molecule has 0 saturated carbocycles. The molecule has 2 aliphatic heterocycles. The van der Waals surface area contributed by atoms with E-state index in [2.05, 4.69) is 22.9 Å². The number of hydrogen-bond donors (Lipinski definition) is 0. The Bertz CT molecular complexity index is 686. The van der Waals surface area contributed by atoms with Crippen molar-refractivity contribution in [2.75, 3.05) is 38.3 Å². The summed E-state index contributed by atoms with van der Waals surface area (Å²) < 4.78 is 10.9. The van der Waals surface area contributed by atoms with Crippen LogP contribution in [0.2, 0.25) is 0 Å². The quantitative estimate of drug-likeness (QED) is 0.717. The number of fused-ring (bicyclic) bond motifs is 1. The molecule has 0 radical (unpaired) electrons. The van der Waals surface area contributed by atoms with Gasteiger partial charge in [-0.25, -0.2) is 4.79 Å². The van der Waals surface area contributed by atoms with Crippen molar-refractivity contribution in [1.29, 1.82) is 0 Å². The number of ether oxygens (including phenoxy) is 2. The van der Waals surface area contributed by atoms with Gasteiger partial charge in [-0.05, 0) is 70.9 Å². The van der Waals surface area contributed by atoms with Crippen LogP contribution in [0, 0.1) is 12.8 Å².